The van der Waals surface area contributed by atoms with Crippen molar-refractivity contribution in [3.8, 4) is 0 Å². The van der Waals surface area contributed by atoms with Gasteiger partial charge in [-0.15, -0.1) is 0 Å². The fourth-order valence-corrected chi connectivity index (χ4v) is 2.03. The van der Waals surface area contributed by atoms with Gasteiger partial charge in [-0.25, -0.2) is 4.79 Å². The molecule has 0 saturated heterocycles. The van der Waals surface area contributed by atoms with Crippen molar-refractivity contribution >= 4 is 41.2 Å². The first kappa shape index (κ1) is 16.3. The molecule has 116 valence electrons. The minimum absolute atomic E-state index is 0.287. The average molecular weight is 341 g/mol. The van der Waals surface area contributed by atoms with Crippen LogP contribution in [0, 0.1) is 6.92 Å². The molecule has 0 spiro atoms. The summed E-state index contributed by atoms with van der Waals surface area (Å²) in [7, 11) is 0. The Morgan fingerprint density at radius 1 is 1.45 bits per heavy atom. The number of hydrogen-bond donors (Lipinski definition) is 2. The van der Waals surface area contributed by atoms with Crippen molar-refractivity contribution in [2.24, 2.45) is 5.10 Å². The number of halogens is 2. The van der Waals surface area contributed by atoms with Crippen LogP contribution in [0.1, 0.15) is 28.5 Å². The first-order valence-corrected chi connectivity index (χ1v) is 7.24. The van der Waals surface area contributed by atoms with Crippen LogP contribution in [0.4, 0.5) is 5.82 Å². The van der Waals surface area contributed by atoms with Crippen molar-refractivity contribution in [3.63, 3.8) is 0 Å². The number of esters is 1. The molecule has 2 rings (SSSR count). The van der Waals surface area contributed by atoms with E-state index in [1.165, 1.54) is 0 Å². The summed E-state index contributed by atoms with van der Waals surface area (Å²) < 4.78 is 4.98. The van der Waals surface area contributed by atoms with Crippen LogP contribution in [0.3, 0.4) is 0 Å². The van der Waals surface area contributed by atoms with E-state index in [1.807, 2.05) is 0 Å². The summed E-state index contributed by atoms with van der Waals surface area (Å²) in [6.45, 7) is 3.76. The second-order valence-corrected chi connectivity index (χ2v) is 5.15. The quantitative estimate of drug-likeness (QED) is 0.494. The number of nitrogens with one attached hydrogen (secondary N) is 2. The average Bonchev–Trinajstić information content (AvgIpc) is 2.84. The predicted molar refractivity (Wildman–Crippen MR) is 87.0 cm³/mol. The van der Waals surface area contributed by atoms with E-state index in [9.17, 15) is 4.79 Å². The number of nitrogens with zero attached hydrogens (tertiary/aromatic N) is 2. The molecule has 1 aromatic heterocycles. The molecule has 0 aliphatic rings. The van der Waals surface area contributed by atoms with E-state index in [0.717, 1.165) is 5.56 Å². The number of anilines is 1. The van der Waals surface area contributed by atoms with Crippen molar-refractivity contribution < 1.29 is 9.53 Å². The molecule has 2 aromatic rings. The number of H-pyrrole nitrogens is 1. The van der Waals surface area contributed by atoms with Crippen LogP contribution in [0.25, 0.3) is 0 Å². The molecule has 8 heteroatoms. The van der Waals surface area contributed by atoms with Gasteiger partial charge < -0.3 is 4.74 Å². The summed E-state index contributed by atoms with van der Waals surface area (Å²) in [5.41, 5.74) is 4.39. The first-order chi connectivity index (χ1) is 10.5. The van der Waals surface area contributed by atoms with E-state index in [0.29, 0.717) is 27.1 Å². The van der Waals surface area contributed by atoms with Gasteiger partial charge in [-0.05, 0) is 31.5 Å². The second-order valence-electron chi connectivity index (χ2n) is 4.34. The molecule has 22 heavy (non-hydrogen) atoms. The number of ether oxygens (including phenoxy) is 1. The molecule has 0 fully saturated rings. The maximum atomic E-state index is 11.9. The lowest BCUT2D eigenvalue weighted by atomic mass is 10.2. The van der Waals surface area contributed by atoms with Crippen LogP contribution in [-0.4, -0.2) is 29.0 Å². The Kier molecular flexibility index (Phi) is 5.41. The van der Waals surface area contributed by atoms with Crippen LogP contribution in [0.15, 0.2) is 23.3 Å². The van der Waals surface area contributed by atoms with E-state index < -0.39 is 5.97 Å². The normalized spacial score (nSPS) is 10.9. The highest BCUT2D eigenvalue weighted by Gasteiger charge is 2.18. The van der Waals surface area contributed by atoms with Gasteiger partial charge in [-0.3, -0.25) is 10.5 Å². The van der Waals surface area contributed by atoms with Crippen molar-refractivity contribution in [3.05, 3.63) is 45.1 Å². The number of aromatic amines is 1. The van der Waals surface area contributed by atoms with Crippen LogP contribution in [0.5, 0.6) is 0 Å². The van der Waals surface area contributed by atoms with E-state index in [4.69, 9.17) is 27.9 Å². The number of rotatable bonds is 5. The number of carbonyl (C=O) groups is 1. The predicted octanol–water partition coefficient (Wildman–Crippen LogP) is 3.65. The Bertz CT molecular complexity index is 713. The van der Waals surface area contributed by atoms with Gasteiger partial charge in [0.15, 0.2) is 5.82 Å². The summed E-state index contributed by atoms with van der Waals surface area (Å²) in [6, 6.07) is 5.12. The van der Waals surface area contributed by atoms with Crippen LogP contribution in [0.2, 0.25) is 10.0 Å². The SMILES string of the molecule is CCOC(=O)c1c(NN=Cc2ccc(Cl)c(Cl)c2)n[nH]c1C. The molecule has 0 amide bonds. The second kappa shape index (κ2) is 7.29. The lowest BCUT2D eigenvalue weighted by Gasteiger charge is -2.03. The maximum absolute atomic E-state index is 11.9. The van der Waals surface area contributed by atoms with Gasteiger partial charge in [0.05, 0.1) is 22.9 Å². The minimum Gasteiger partial charge on any atom is -0.462 e. The molecular formula is C14H14Cl2N4O2. The Balaban J connectivity index is 2.13. The van der Waals surface area contributed by atoms with Gasteiger partial charge in [-0.2, -0.15) is 10.2 Å². The Morgan fingerprint density at radius 3 is 2.91 bits per heavy atom. The van der Waals surface area contributed by atoms with Crippen molar-refractivity contribution in [1.82, 2.24) is 10.2 Å². The van der Waals surface area contributed by atoms with E-state index >= 15 is 0 Å². The summed E-state index contributed by atoms with van der Waals surface area (Å²) in [5.74, 6) is -0.159. The monoisotopic (exact) mass is 340 g/mol. The van der Waals surface area contributed by atoms with Gasteiger partial charge in [0.2, 0.25) is 0 Å². The lowest BCUT2D eigenvalue weighted by Crippen LogP contribution is -2.08. The van der Waals surface area contributed by atoms with Crippen LogP contribution < -0.4 is 5.43 Å². The molecule has 2 N–H and O–H groups in total. The molecule has 6 nitrogen and oxygen atoms in total. The highest BCUT2D eigenvalue weighted by molar-refractivity contribution is 6.42. The van der Waals surface area contributed by atoms with Gasteiger partial charge in [0, 0.05) is 5.69 Å². The number of hydrazone groups is 1. The fraction of sp³-hybridized carbons (Fsp3) is 0.214. The fourth-order valence-electron chi connectivity index (χ4n) is 1.72. The van der Waals surface area contributed by atoms with E-state index in [-0.39, 0.29) is 6.61 Å². The third-order valence-electron chi connectivity index (χ3n) is 2.75. The van der Waals surface area contributed by atoms with Gasteiger partial charge in [-0.1, -0.05) is 29.3 Å². The zero-order valence-corrected chi connectivity index (χ0v) is 13.5. The topological polar surface area (TPSA) is 79.4 Å². The zero-order valence-electron chi connectivity index (χ0n) is 12.0. The maximum Gasteiger partial charge on any atom is 0.343 e. The number of hydrogen-bond acceptors (Lipinski definition) is 5. The van der Waals surface area contributed by atoms with Gasteiger partial charge in [0.1, 0.15) is 5.56 Å². The number of aryl methyl sites for hydroxylation is 1. The largest absolute Gasteiger partial charge is 0.462 e. The van der Waals surface area contributed by atoms with Crippen LogP contribution in [-0.2, 0) is 4.74 Å². The summed E-state index contributed by atoms with van der Waals surface area (Å²) in [6.07, 6.45) is 1.54. The molecule has 0 bridgehead atoms. The van der Waals surface area contributed by atoms with E-state index in [2.05, 4.69) is 20.7 Å². The highest BCUT2D eigenvalue weighted by atomic mass is 35.5. The zero-order chi connectivity index (χ0) is 16.1. The molecule has 0 radical (unpaired) electrons. The Hall–Kier alpha value is -2.05. The summed E-state index contributed by atoms with van der Waals surface area (Å²) in [5, 5.41) is 11.6. The molecule has 1 aromatic carbocycles. The summed E-state index contributed by atoms with van der Waals surface area (Å²) in [4.78, 5) is 11.9. The first-order valence-electron chi connectivity index (χ1n) is 6.49. The minimum atomic E-state index is -0.457. The third-order valence-corrected chi connectivity index (χ3v) is 3.49. The van der Waals surface area contributed by atoms with Crippen molar-refractivity contribution in [2.45, 2.75) is 13.8 Å². The molecule has 0 saturated carbocycles. The van der Waals surface area contributed by atoms with Gasteiger partial charge in [0.25, 0.3) is 0 Å². The Labute approximate surface area is 137 Å². The Morgan fingerprint density at radius 2 is 2.23 bits per heavy atom. The smallest absolute Gasteiger partial charge is 0.343 e. The third kappa shape index (κ3) is 3.78. The molecule has 0 atom stereocenters. The van der Waals surface area contributed by atoms with Crippen LogP contribution >= 0.6 is 23.2 Å². The number of aromatic nitrogens is 2. The standard InChI is InChI=1S/C14H14Cl2N4O2/c1-3-22-14(21)12-8(2)18-20-13(12)19-17-7-9-4-5-10(15)11(16)6-9/h4-7H,3H2,1-2H3,(H2,18,19,20). The highest BCUT2D eigenvalue weighted by Crippen LogP contribution is 2.22. The lowest BCUT2D eigenvalue weighted by molar-refractivity contribution is 0.0526. The number of carbonyl (C=O) groups excluding carboxylic acids is 1. The molecule has 1 heterocycles. The molecule has 0 unspecified atom stereocenters. The van der Waals surface area contributed by atoms with E-state index in [1.54, 1.807) is 38.3 Å². The van der Waals surface area contributed by atoms with Crippen molar-refractivity contribution in [1.29, 1.82) is 0 Å². The summed E-state index contributed by atoms with van der Waals surface area (Å²) >= 11 is 11.8. The molecular weight excluding hydrogens is 327 g/mol. The molecule has 0 aliphatic carbocycles. The van der Waals surface area contributed by atoms with Crippen molar-refractivity contribution in [2.75, 3.05) is 12.0 Å². The van der Waals surface area contributed by atoms with Gasteiger partial charge >= 0.3 is 5.97 Å². The molecule has 0 aliphatic heterocycles. The number of benzene rings is 1.